The molecule has 0 amide bonds. The highest BCUT2D eigenvalue weighted by molar-refractivity contribution is 7.87. The summed E-state index contributed by atoms with van der Waals surface area (Å²) < 4.78 is 29.1. The minimum atomic E-state index is -3.41. The molecule has 1 aliphatic rings. The molecule has 1 aliphatic heterocycles. The zero-order chi connectivity index (χ0) is 14.7. The van der Waals surface area contributed by atoms with Crippen LogP contribution in [0.1, 0.15) is 47.0 Å². The molecule has 0 bridgehead atoms. The Morgan fingerprint density at radius 2 is 2.00 bits per heavy atom. The minimum absolute atomic E-state index is 0.0478. The van der Waals surface area contributed by atoms with Crippen LogP contribution < -0.4 is 10.5 Å². The van der Waals surface area contributed by atoms with E-state index >= 15 is 0 Å². The molecule has 0 aromatic heterocycles. The van der Waals surface area contributed by atoms with Gasteiger partial charge in [-0.05, 0) is 24.2 Å². The van der Waals surface area contributed by atoms with Crippen LogP contribution >= 0.6 is 0 Å². The highest BCUT2D eigenvalue weighted by Gasteiger charge is 2.33. The molecule has 114 valence electrons. The van der Waals surface area contributed by atoms with Gasteiger partial charge >= 0.3 is 0 Å². The predicted octanol–water partition coefficient (Wildman–Crippen LogP) is 1.32. The second-order valence-corrected chi connectivity index (χ2v) is 8.17. The number of nitrogens with one attached hydrogen (secondary N) is 1. The largest absolute Gasteiger partial charge is 0.329 e. The average molecular weight is 291 g/mol. The Balaban J connectivity index is 2.70. The fraction of sp³-hybridized carbons (Fsp3) is 1.00. The Morgan fingerprint density at radius 3 is 2.53 bits per heavy atom. The summed E-state index contributed by atoms with van der Waals surface area (Å²) in [4.78, 5) is 0. The Labute approximate surface area is 118 Å². The van der Waals surface area contributed by atoms with Gasteiger partial charge in [0.25, 0.3) is 10.2 Å². The SMILES string of the molecule is CC(C)C(C)(C)CNS(=O)(=O)N1CCCCC1CN. The first-order chi connectivity index (χ1) is 8.70. The fourth-order valence-corrected chi connectivity index (χ4v) is 3.76. The van der Waals surface area contributed by atoms with Gasteiger partial charge in [-0.3, -0.25) is 0 Å². The predicted molar refractivity (Wildman–Crippen MR) is 78.9 cm³/mol. The summed E-state index contributed by atoms with van der Waals surface area (Å²) in [5, 5.41) is 0. The molecule has 0 saturated carbocycles. The van der Waals surface area contributed by atoms with Crippen molar-refractivity contribution >= 4 is 10.2 Å². The summed E-state index contributed by atoms with van der Waals surface area (Å²) in [7, 11) is -3.41. The fourth-order valence-electron chi connectivity index (χ4n) is 2.09. The first-order valence-corrected chi connectivity index (χ1v) is 8.61. The van der Waals surface area contributed by atoms with E-state index in [0.29, 0.717) is 25.6 Å². The second kappa shape index (κ2) is 6.52. The third-order valence-electron chi connectivity index (χ3n) is 4.43. The molecule has 1 rings (SSSR count). The van der Waals surface area contributed by atoms with Crippen molar-refractivity contribution in [2.45, 2.75) is 53.0 Å². The van der Waals surface area contributed by atoms with E-state index < -0.39 is 10.2 Å². The number of nitrogens with two attached hydrogens (primary N) is 1. The van der Waals surface area contributed by atoms with Crippen molar-refractivity contribution in [1.82, 2.24) is 9.03 Å². The van der Waals surface area contributed by atoms with E-state index in [1.54, 1.807) is 4.31 Å². The maximum atomic E-state index is 12.4. The lowest BCUT2D eigenvalue weighted by atomic mass is 9.81. The van der Waals surface area contributed by atoms with Gasteiger partial charge in [0.2, 0.25) is 0 Å². The van der Waals surface area contributed by atoms with E-state index in [1.165, 1.54) is 0 Å². The topological polar surface area (TPSA) is 75.4 Å². The molecule has 1 heterocycles. The Bertz CT molecular complexity index is 379. The molecule has 19 heavy (non-hydrogen) atoms. The van der Waals surface area contributed by atoms with Crippen LogP contribution in [0.4, 0.5) is 0 Å². The van der Waals surface area contributed by atoms with Crippen molar-refractivity contribution in [3.63, 3.8) is 0 Å². The van der Waals surface area contributed by atoms with Gasteiger partial charge < -0.3 is 5.73 Å². The van der Waals surface area contributed by atoms with Gasteiger partial charge in [-0.25, -0.2) is 4.72 Å². The van der Waals surface area contributed by atoms with Crippen molar-refractivity contribution in [2.24, 2.45) is 17.1 Å². The molecule has 0 aromatic rings. The first kappa shape index (κ1) is 16.9. The molecule has 0 aromatic carbocycles. The zero-order valence-electron chi connectivity index (χ0n) is 12.6. The lowest BCUT2D eigenvalue weighted by Crippen LogP contribution is -2.53. The molecule has 1 saturated heterocycles. The summed E-state index contributed by atoms with van der Waals surface area (Å²) in [5.74, 6) is 0.418. The molecule has 1 atom stereocenters. The number of rotatable bonds is 6. The van der Waals surface area contributed by atoms with E-state index in [9.17, 15) is 8.42 Å². The van der Waals surface area contributed by atoms with Crippen LogP contribution in [0, 0.1) is 11.3 Å². The van der Waals surface area contributed by atoms with Crippen LogP contribution in [0.5, 0.6) is 0 Å². The number of hydrogen-bond donors (Lipinski definition) is 2. The van der Waals surface area contributed by atoms with Crippen LogP contribution in [0.2, 0.25) is 0 Å². The molecule has 0 aliphatic carbocycles. The monoisotopic (exact) mass is 291 g/mol. The standard InChI is InChI=1S/C13H29N3O2S/c1-11(2)13(3,4)10-15-19(17,18)16-8-6-5-7-12(16)9-14/h11-12,15H,5-10,14H2,1-4H3. The van der Waals surface area contributed by atoms with E-state index in [0.717, 1.165) is 19.3 Å². The molecule has 6 heteroatoms. The van der Waals surface area contributed by atoms with Gasteiger partial charge in [-0.1, -0.05) is 34.1 Å². The van der Waals surface area contributed by atoms with Crippen molar-refractivity contribution in [2.75, 3.05) is 19.6 Å². The first-order valence-electron chi connectivity index (χ1n) is 7.17. The van der Waals surface area contributed by atoms with E-state index in [-0.39, 0.29) is 11.5 Å². The van der Waals surface area contributed by atoms with Crippen molar-refractivity contribution in [3.05, 3.63) is 0 Å². The third kappa shape index (κ3) is 4.41. The summed E-state index contributed by atoms with van der Waals surface area (Å²) >= 11 is 0. The van der Waals surface area contributed by atoms with Gasteiger partial charge in [0, 0.05) is 25.7 Å². The molecule has 5 nitrogen and oxygen atoms in total. The van der Waals surface area contributed by atoms with Gasteiger partial charge in [0.1, 0.15) is 0 Å². The molecule has 0 spiro atoms. The zero-order valence-corrected chi connectivity index (χ0v) is 13.5. The Kier molecular flexibility index (Phi) is 5.79. The van der Waals surface area contributed by atoms with Gasteiger partial charge in [0.05, 0.1) is 0 Å². The van der Waals surface area contributed by atoms with E-state index in [2.05, 4.69) is 32.4 Å². The van der Waals surface area contributed by atoms with Crippen molar-refractivity contribution in [1.29, 1.82) is 0 Å². The summed E-state index contributed by atoms with van der Waals surface area (Å²) in [6.45, 7) is 9.82. The van der Waals surface area contributed by atoms with Crippen LogP contribution in [0.25, 0.3) is 0 Å². The van der Waals surface area contributed by atoms with Crippen LogP contribution in [-0.4, -0.2) is 38.4 Å². The normalized spacial score (nSPS) is 22.9. The van der Waals surface area contributed by atoms with Crippen molar-refractivity contribution < 1.29 is 8.42 Å². The second-order valence-electron chi connectivity index (χ2n) is 6.47. The summed E-state index contributed by atoms with van der Waals surface area (Å²) in [5.41, 5.74) is 5.63. The number of piperidine rings is 1. The summed E-state index contributed by atoms with van der Waals surface area (Å²) in [6.07, 6.45) is 2.85. The molecule has 1 unspecified atom stereocenters. The molecule has 1 fully saturated rings. The highest BCUT2D eigenvalue weighted by atomic mass is 32.2. The minimum Gasteiger partial charge on any atom is -0.329 e. The van der Waals surface area contributed by atoms with Crippen molar-refractivity contribution in [3.8, 4) is 0 Å². The van der Waals surface area contributed by atoms with Gasteiger partial charge in [0.15, 0.2) is 0 Å². The average Bonchev–Trinajstić information content (AvgIpc) is 2.36. The maximum Gasteiger partial charge on any atom is 0.279 e. The lowest BCUT2D eigenvalue weighted by Gasteiger charge is -2.36. The van der Waals surface area contributed by atoms with E-state index in [1.807, 2.05) is 0 Å². The molecule has 3 N–H and O–H groups in total. The van der Waals surface area contributed by atoms with Gasteiger partial charge in [-0.15, -0.1) is 0 Å². The molecular weight excluding hydrogens is 262 g/mol. The highest BCUT2D eigenvalue weighted by Crippen LogP contribution is 2.26. The van der Waals surface area contributed by atoms with E-state index in [4.69, 9.17) is 5.73 Å². The lowest BCUT2D eigenvalue weighted by molar-refractivity contribution is 0.234. The Morgan fingerprint density at radius 1 is 1.37 bits per heavy atom. The maximum absolute atomic E-state index is 12.4. The summed E-state index contributed by atoms with van der Waals surface area (Å²) in [6, 6.07) is -0.0478. The third-order valence-corrected chi connectivity index (χ3v) is 6.03. The molecule has 0 radical (unpaired) electrons. The van der Waals surface area contributed by atoms with Crippen LogP contribution in [-0.2, 0) is 10.2 Å². The quantitative estimate of drug-likeness (QED) is 0.775. The molecular formula is C13H29N3O2S. The smallest absolute Gasteiger partial charge is 0.279 e. The van der Waals surface area contributed by atoms with Crippen LogP contribution in [0.3, 0.4) is 0 Å². The number of hydrogen-bond acceptors (Lipinski definition) is 3. The number of nitrogens with zero attached hydrogens (tertiary/aromatic N) is 1. The van der Waals surface area contributed by atoms with Crippen LogP contribution in [0.15, 0.2) is 0 Å². The van der Waals surface area contributed by atoms with Gasteiger partial charge in [-0.2, -0.15) is 12.7 Å². The Hall–Kier alpha value is -0.170.